The molecule has 1 N–H and O–H groups in total. The highest BCUT2D eigenvalue weighted by Gasteiger charge is 2.19. The molecule has 170 valence electrons. The zero-order chi connectivity index (χ0) is 23.1. The van der Waals surface area contributed by atoms with Gasteiger partial charge in [0.25, 0.3) is 0 Å². The molecule has 1 aromatic heterocycles. The molecule has 1 aliphatic heterocycles. The summed E-state index contributed by atoms with van der Waals surface area (Å²) in [5, 5.41) is 16.1. The number of amides is 2. The van der Waals surface area contributed by atoms with Crippen LogP contribution < -0.4 is 14.8 Å². The Balaban J connectivity index is 1.55. The SMILES string of the molecule is CCN(CC(=O)Nc1ccc2c(c1)OCCO2)C(=O)CCc1c(C)nn(CCC#N)c1C. The first-order valence-electron chi connectivity index (χ1n) is 10.8. The molecular weight excluding hydrogens is 410 g/mol. The van der Waals surface area contributed by atoms with Crippen molar-refractivity contribution < 1.29 is 19.1 Å². The van der Waals surface area contributed by atoms with Crippen molar-refractivity contribution >= 4 is 17.5 Å². The van der Waals surface area contributed by atoms with Crippen LogP contribution in [0.25, 0.3) is 0 Å². The number of likely N-dealkylation sites (N-methyl/N-ethyl adjacent to an activating group) is 1. The average molecular weight is 440 g/mol. The molecule has 32 heavy (non-hydrogen) atoms. The maximum atomic E-state index is 12.8. The summed E-state index contributed by atoms with van der Waals surface area (Å²) in [6, 6.07) is 7.35. The summed E-state index contributed by atoms with van der Waals surface area (Å²) in [5.74, 6) is 0.890. The highest BCUT2D eigenvalue weighted by atomic mass is 16.6. The third-order valence-corrected chi connectivity index (χ3v) is 5.45. The molecule has 0 radical (unpaired) electrons. The van der Waals surface area contributed by atoms with Crippen LogP contribution in [-0.2, 0) is 22.6 Å². The highest BCUT2D eigenvalue weighted by Crippen LogP contribution is 2.32. The molecule has 2 heterocycles. The van der Waals surface area contributed by atoms with Crippen LogP contribution in [0.2, 0.25) is 0 Å². The number of hydrogen-bond donors (Lipinski definition) is 1. The summed E-state index contributed by atoms with van der Waals surface area (Å²) in [5.41, 5.74) is 3.46. The van der Waals surface area contributed by atoms with Crippen molar-refractivity contribution in [3.8, 4) is 17.6 Å². The minimum Gasteiger partial charge on any atom is -0.486 e. The number of anilines is 1. The number of benzene rings is 1. The van der Waals surface area contributed by atoms with Crippen molar-refractivity contribution in [2.75, 3.05) is 31.6 Å². The fraction of sp³-hybridized carbons (Fsp3) is 0.478. The van der Waals surface area contributed by atoms with Crippen molar-refractivity contribution in [1.82, 2.24) is 14.7 Å². The Labute approximate surface area is 187 Å². The molecule has 2 aromatic rings. The van der Waals surface area contributed by atoms with Crippen LogP contribution in [0.15, 0.2) is 18.2 Å². The van der Waals surface area contributed by atoms with Crippen LogP contribution >= 0.6 is 0 Å². The minimum atomic E-state index is -0.270. The van der Waals surface area contributed by atoms with E-state index in [1.54, 1.807) is 18.2 Å². The van der Waals surface area contributed by atoms with Crippen LogP contribution in [0.1, 0.15) is 36.7 Å². The summed E-state index contributed by atoms with van der Waals surface area (Å²) < 4.78 is 12.8. The van der Waals surface area contributed by atoms with Crippen molar-refractivity contribution in [1.29, 1.82) is 5.26 Å². The maximum Gasteiger partial charge on any atom is 0.243 e. The quantitative estimate of drug-likeness (QED) is 0.643. The molecule has 1 aromatic carbocycles. The van der Waals surface area contributed by atoms with Crippen molar-refractivity contribution in [3.63, 3.8) is 0 Å². The number of nitriles is 1. The number of ether oxygens (including phenoxy) is 2. The third kappa shape index (κ3) is 5.58. The first-order chi connectivity index (χ1) is 15.4. The normalized spacial score (nSPS) is 12.2. The summed E-state index contributed by atoms with van der Waals surface area (Å²) in [7, 11) is 0. The molecule has 0 saturated carbocycles. The van der Waals surface area contributed by atoms with Crippen molar-refractivity contribution in [3.05, 3.63) is 35.2 Å². The van der Waals surface area contributed by atoms with Gasteiger partial charge in [-0.15, -0.1) is 0 Å². The van der Waals surface area contributed by atoms with E-state index < -0.39 is 0 Å². The molecular formula is C23H29N5O4. The summed E-state index contributed by atoms with van der Waals surface area (Å²) >= 11 is 0. The molecule has 0 fully saturated rings. The second-order valence-corrected chi connectivity index (χ2v) is 7.60. The molecule has 9 nitrogen and oxygen atoms in total. The van der Waals surface area contributed by atoms with Crippen molar-refractivity contribution in [2.24, 2.45) is 0 Å². The largest absolute Gasteiger partial charge is 0.486 e. The van der Waals surface area contributed by atoms with Gasteiger partial charge >= 0.3 is 0 Å². The standard InChI is InChI=1S/C23H29N5O4/c1-4-27(15-22(29)25-18-6-8-20-21(14-18)32-13-12-31-20)23(30)9-7-19-16(2)26-28(17(19)3)11-5-10-24/h6,8,14H,4-5,7,9,11-13,15H2,1-3H3,(H,25,29). The van der Waals surface area contributed by atoms with E-state index in [2.05, 4.69) is 16.5 Å². The number of rotatable bonds is 9. The van der Waals surface area contributed by atoms with Crippen LogP contribution in [0.4, 0.5) is 5.69 Å². The maximum absolute atomic E-state index is 12.8. The van der Waals surface area contributed by atoms with Gasteiger partial charge in [-0.1, -0.05) is 0 Å². The van der Waals surface area contributed by atoms with E-state index in [9.17, 15) is 9.59 Å². The zero-order valence-corrected chi connectivity index (χ0v) is 18.8. The van der Waals surface area contributed by atoms with Gasteiger partial charge in [-0.3, -0.25) is 14.3 Å². The third-order valence-electron chi connectivity index (χ3n) is 5.45. The van der Waals surface area contributed by atoms with Gasteiger partial charge in [-0.25, -0.2) is 0 Å². The van der Waals surface area contributed by atoms with E-state index in [-0.39, 0.29) is 24.8 Å². The number of hydrogen-bond acceptors (Lipinski definition) is 6. The lowest BCUT2D eigenvalue weighted by atomic mass is 10.1. The molecule has 2 amide bonds. The van der Waals surface area contributed by atoms with E-state index >= 15 is 0 Å². The van der Waals surface area contributed by atoms with Gasteiger partial charge in [0.15, 0.2) is 11.5 Å². The molecule has 0 spiro atoms. The van der Waals surface area contributed by atoms with Crippen LogP contribution in [-0.4, -0.2) is 52.8 Å². The predicted octanol–water partition coefficient (Wildman–Crippen LogP) is 2.60. The number of nitrogens with zero attached hydrogens (tertiary/aromatic N) is 4. The molecule has 0 bridgehead atoms. The highest BCUT2D eigenvalue weighted by molar-refractivity contribution is 5.94. The van der Waals surface area contributed by atoms with Gasteiger partial charge in [0.1, 0.15) is 13.2 Å². The second-order valence-electron chi connectivity index (χ2n) is 7.60. The Kier molecular flexibility index (Phi) is 7.71. The Morgan fingerprint density at radius 3 is 2.72 bits per heavy atom. The predicted molar refractivity (Wildman–Crippen MR) is 119 cm³/mol. The van der Waals surface area contributed by atoms with Gasteiger partial charge in [-0.05, 0) is 44.9 Å². The fourth-order valence-electron chi connectivity index (χ4n) is 3.73. The van der Waals surface area contributed by atoms with E-state index in [1.165, 1.54) is 4.90 Å². The molecule has 3 rings (SSSR count). The van der Waals surface area contributed by atoms with E-state index in [0.717, 1.165) is 17.0 Å². The molecule has 1 aliphatic rings. The Hall–Kier alpha value is -3.54. The fourth-order valence-corrected chi connectivity index (χ4v) is 3.73. The molecule has 0 aliphatic carbocycles. The number of nitrogens with one attached hydrogen (secondary N) is 1. The van der Waals surface area contributed by atoms with Gasteiger partial charge < -0.3 is 19.7 Å². The molecule has 0 unspecified atom stereocenters. The molecule has 9 heteroatoms. The van der Waals surface area contributed by atoms with Gasteiger partial charge in [0, 0.05) is 30.4 Å². The number of carbonyl (C=O) groups is 2. The topological polar surface area (TPSA) is 109 Å². The summed E-state index contributed by atoms with van der Waals surface area (Å²) in [4.78, 5) is 26.8. The van der Waals surface area contributed by atoms with Crippen LogP contribution in [0.3, 0.4) is 0 Å². The Morgan fingerprint density at radius 1 is 1.25 bits per heavy atom. The second kappa shape index (κ2) is 10.7. The first kappa shape index (κ1) is 23.1. The number of carbonyl (C=O) groups excluding carboxylic acids is 2. The lowest BCUT2D eigenvalue weighted by Crippen LogP contribution is -2.38. The molecule has 0 saturated heterocycles. The minimum absolute atomic E-state index is 0.0246. The lowest BCUT2D eigenvalue weighted by Gasteiger charge is -2.21. The van der Waals surface area contributed by atoms with Gasteiger partial charge in [-0.2, -0.15) is 10.4 Å². The lowest BCUT2D eigenvalue weighted by molar-refractivity contribution is -0.134. The summed E-state index contributed by atoms with van der Waals surface area (Å²) in [6.07, 6.45) is 1.22. The van der Waals surface area contributed by atoms with E-state index in [4.69, 9.17) is 14.7 Å². The van der Waals surface area contributed by atoms with E-state index in [1.807, 2.05) is 25.5 Å². The van der Waals surface area contributed by atoms with Crippen molar-refractivity contribution in [2.45, 2.75) is 46.6 Å². The van der Waals surface area contributed by atoms with Crippen LogP contribution in [0, 0.1) is 25.2 Å². The zero-order valence-electron chi connectivity index (χ0n) is 18.8. The first-order valence-corrected chi connectivity index (χ1v) is 10.8. The van der Waals surface area contributed by atoms with Crippen LogP contribution in [0.5, 0.6) is 11.5 Å². The summed E-state index contributed by atoms with van der Waals surface area (Å²) in [6.45, 7) is 7.65. The smallest absolute Gasteiger partial charge is 0.243 e. The van der Waals surface area contributed by atoms with Gasteiger partial charge in [0.05, 0.1) is 31.3 Å². The van der Waals surface area contributed by atoms with Gasteiger partial charge in [0.2, 0.25) is 11.8 Å². The molecule has 0 atom stereocenters. The Morgan fingerprint density at radius 2 is 2.00 bits per heavy atom. The average Bonchev–Trinajstić information content (AvgIpc) is 3.06. The number of aryl methyl sites for hydroxylation is 2. The Bertz CT molecular complexity index is 1020. The number of fused-ring (bicyclic) bond motifs is 1. The monoisotopic (exact) mass is 439 g/mol. The van der Waals surface area contributed by atoms with E-state index in [0.29, 0.717) is 56.3 Å². The number of aromatic nitrogens is 2.